The van der Waals surface area contributed by atoms with Crippen LogP contribution in [-0.4, -0.2) is 0 Å². The maximum absolute atomic E-state index is 0. The zero-order valence-electron chi connectivity index (χ0n) is 2.93. The second kappa shape index (κ2) is 43.0. The van der Waals surface area contributed by atoms with Crippen molar-refractivity contribution in [1.29, 1.82) is 0 Å². The van der Waals surface area contributed by atoms with Gasteiger partial charge in [0.05, 0.1) is 0 Å². The molecule has 0 fully saturated rings. The third kappa shape index (κ3) is 35.0. The minimum atomic E-state index is 0. The summed E-state index contributed by atoms with van der Waals surface area (Å²) in [6.45, 7) is 0. The second-order valence-corrected chi connectivity index (χ2v) is 0. The first-order valence-corrected chi connectivity index (χ1v) is 0. The van der Waals surface area contributed by atoms with Gasteiger partial charge in [-0.2, -0.15) is 0 Å². The molecule has 0 aromatic heterocycles. The summed E-state index contributed by atoms with van der Waals surface area (Å²) in [5.41, 5.74) is 0. The molecule has 3 nitrogen and oxygen atoms in total. The Balaban J connectivity index is 0. The molecule has 0 aliphatic heterocycles. The van der Waals surface area contributed by atoms with Gasteiger partial charge in [0.15, 0.2) is 0 Å². The van der Waals surface area contributed by atoms with Crippen molar-refractivity contribution in [2.75, 3.05) is 0 Å². The van der Waals surface area contributed by atoms with Crippen LogP contribution >= 0.6 is 0 Å². The zero-order chi connectivity index (χ0) is 0. The number of hydrogen-bond donors (Lipinski definition) is 0. The molecule has 0 unspecified atom stereocenters. The summed E-state index contributed by atoms with van der Waals surface area (Å²) in [5.74, 6) is 0. The van der Waals surface area contributed by atoms with Crippen LogP contribution in [0, 0.1) is 162 Å². The number of hydrogen-bond acceptors (Lipinski definition) is 0. The predicted octanol–water partition coefficient (Wildman–Crippen LogP) is -0.356. The minimum Gasteiger partial charge on any atom is -2.00 e. The Labute approximate surface area is 172 Å². The second-order valence-electron chi connectivity index (χ2n) is 0. The Morgan fingerprint density at radius 3 is 0.429 bits per heavy atom. The molecular formula is Gd2Nd2O3. The van der Waals surface area contributed by atoms with Gasteiger partial charge in [-0.25, -0.2) is 0 Å². The molecular weight excluding hydrogens is 651 g/mol. The summed E-state index contributed by atoms with van der Waals surface area (Å²) in [7, 11) is 0. The van der Waals surface area contributed by atoms with Crippen LogP contribution in [0.1, 0.15) is 0 Å². The summed E-state index contributed by atoms with van der Waals surface area (Å²) in [4.78, 5) is 0. The largest absolute Gasteiger partial charge is 3.00 e. The molecule has 2 radical (unpaired) electrons. The van der Waals surface area contributed by atoms with Crippen molar-refractivity contribution in [2.45, 2.75) is 0 Å². The average molecular weight is 651 g/mol. The van der Waals surface area contributed by atoms with Gasteiger partial charge in [0.2, 0.25) is 0 Å². The van der Waals surface area contributed by atoms with E-state index < -0.39 is 0 Å². The van der Waals surface area contributed by atoms with Crippen LogP contribution in [0.3, 0.4) is 0 Å². The molecule has 0 saturated heterocycles. The zero-order valence-corrected chi connectivity index (χ0v) is 13.9. The van der Waals surface area contributed by atoms with Gasteiger partial charge in [-0.15, -0.1) is 0 Å². The predicted molar refractivity (Wildman–Crippen MR) is 2.06 cm³/mol. The van der Waals surface area contributed by atoms with Crippen LogP contribution < -0.4 is 0 Å². The monoisotopic (exact) mass is 648 g/mol. The normalized spacial score (nSPS) is 0. The molecule has 0 amide bonds. The smallest absolute Gasteiger partial charge is 2.00 e. The Hall–Kier alpha value is 5.23. The van der Waals surface area contributed by atoms with Gasteiger partial charge in [-0.3, -0.25) is 0 Å². The fraction of sp³-hybridized carbons (Fsp3) is 0. The molecule has 0 N–H and O–H groups in total. The molecule has 7 heteroatoms. The van der Waals surface area contributed by atoms with Crippen molar-refractivity contribution in [3.63, 3.8) is 0 Å². The summed E-state index contributed by atoms with van der Waals surface area (Å²) < 4.78 is 0. The van der Waals surface area contributed by atoms with Gasteiger partial charge in [-0.1, -0.05) is 0 Å². The van der Waals surface area contributed by atoms with Gasteiger partial charge in [-0.05, 0) is 0 Å². The van der Waals surface area contributed by atoms with E-state index in [0.29, 0.717) is 0 Å². The minimum absolute atomic E-state index is 0. The Morgan fingerprint density at radius 1 is 0.429 bits per heavy atom. The van der Waals surface area contributed by atoms with Crippen LogP contribution in [0.15, 0.2) is 0 Å². The fourth-order valence-electron chi connectivity index (χ4n) is 0. The maximum Gasteiger partial charge on any atom is 3.00 e. The first-order valence-electron chi connectivity index (χ1n) is 0. The van der Waals surface area contributed by atoms with Crippen molar-refractivity contribution in [2.24, 2.45) is 0 Å². The van der Waals surface area contributed by atoms with E-state index >= 15 is 0 Å². The molecule has 0 aromatic carbocycles. The van der Waals surface area contributed by atoms with Crippen LogP contribution in [0.2, 0.25) is 0 Å². The van der Waals surface area contributed by atoms with Crippen molar-refractivity contribution < 1.29 is 178 Å². The van der Waals surface area contributed by atoms with Crippen LogP contribution in [0.5, 0.6) is 0 Å². The van der Waals surface area contributed by atoms with Crippen molar-refractivity contribution >= 4 is 0 Å². The molecule has 0 aromatic rings. The quantitative estimate of drug-likeness (QED) is 0.344. The van der Waals surface area contributed by atoms with E-state index in [2.05, 4.69) is 0 Å². The number of rotatable bonds is 0. The van der Waals surface area contributed by atoms with Gasteiger partial charge in [0.25, 0.3) is 0 Å². The van der Waals surface area contributed by atoms with E-state index in [4.69, 9.17) is 0 Å². The first-order chi connectivity index (χ1) is 0. The summed E-state index contributed by atoms with van der Waals surface area (Å²) in [5, 5.41) is 0. The molecule has 0 aliphatic rings. The molecule has 42 valence electrons. The van der Waals surface area contributed by atoms with Crippen molar-refractivity contribution in [1.82, 2.24) is 0 Å². The van der Waals surface area contributed by atoms with Gasteiger partial charge in [0.1, 0.15) is 0 Å². The summed E-state index contributed by atoms with van der Waals surface area (Å²) in [6.07, 6.45) is 0. The van der Waals surface area contributed by atoms with E-state index in [0.717, 1.165) is 0 Å². The molecule has 0 heterocycles. The van der Waals surface area contributed by atoms with E-state index in [1.54, 1.807) is 0 Å². The summed E-state index contributed by atoms with van der Waals surface area (Å²) >= 11 is 0. The van der Waals surface area contributed by atoms with Gasteiger partial charge >= 0.3 is 79.9 Å². The molecule has 0 bridgehead atoms. The van der Waals surface area contributed by atoms with E-state index in [1.807, 2.05) is 0 Å². The first kappa shape index (κ1) is 56.4. The Morgan fingerprint density at radius 2 is 0.429 bits per heavy atom. The van der Waals surface area contributed by atoms with Crippen molar-refractivity contribution in [3.8, 4) is 0 Å². The van der Waals surface area contributed by atoms with Crippen LogP contribution in [-0.2, 0) is 16.4 Å². The van der Waals surface area contributed by atoms with Crippen LogP contribution in [0.25, 0.3) is 0 Å². The third-order valence-electron chi connectivity index (χ3n) is 0. The van der Waals surface area contributed by atoms with E-state index in [-0.39, 0.29) is 178 Å². The molecule has 0 spiro atoms. The molecule has 0 rings (SSSR count). The molecule has 7 heavy (non-hydrogen) atoms. The Bertz CT molecular complexity index is 10.9. The van der Waals surface area contributed by atoms with Gasteiger partial charge < -0.3 is 16.4 Å². The third-order valence-corrected chi connectivity index (χ3v) is 0. The van der Waals surface area contributed by atoms with Crippen molar-refractivity contribution in [3.05, 3.63) is 0 Å². The summed E-state index contributed by atoms with van der Waals surface area (Å²) in [6, 6.07) is 0. The van der Waals surface area contributed by atoms with E-state index in [1.165, 1.54) is 0 Å². The van der Waals surface area contributed by atoms with Gasteiger partial charge in [0, 0.05) is 81.7 Å². The molecule has 0 atom stereocenters. The maximum atomic E-state index is 0. The topological polar surface area (TPSA) is 85.5 Å². The molecule has 0 aliphatic carbocycles. The Kier molecular flexibility index (Phi) is 346. The van der Waals surface area contributed by atoms with Crippen LogP contribution in [0.4, 0.5) is 0 Å². The fourth-order valence-corrected chi connectivity index (χ4v) is 0. The molecule has 0 saturated carbocycles. The van der Waals surface area contributed by atoms with E-state index in [9.17, 15) is 0 Å². The average Bonchev–Trinajstić information content (AvgIpc) is 0. The standard InChI is InChI=1S/2Gd.2Nd.3O/q2*+3;;;3*-2. The SMILES string of the molecule is [Gd+3].[Gd+3].[Nd].[Nd].[O-2].[O-2].[O-2].